The molecule has 0 N–H and O–H groups in total. The van der Waals surface area contributed by atoms with Crippen LogP contribution in [0.1, 0.15) is 0 Å². The van der Waals surface area contributed by atoms with Gasteiger partial charge in [-0.05, 0) is 29.0 Å². The van der Waals surface area contributed by atoms with Crippen LogP contribution in [0.15, 0.2) is 127 Å². The van der Waals surface area contributed by atoms with E-state index < -0.39 is 0 Å². The maximum absolute atomic E-state index is 5.42. The number of hydrogen-bond donors (Lipinski definition) is 0. The minimum absolute atomic E-state index is 0.696. The van der Waals surface area contributed by atoms with E-state index in [1.165, 1.54) is 56.6 Å². The third-order valence-electron chi connectivity index (χ3n) is 8.65. The second kappa shape index (κ2) is 8.71. The molecule has 0 radical (unpaired) electrons. The van der Waals surface area contributed by atoms with Crippen molar-refractivity contribution in [2.45, 2.75) is 0 Å². The summed E-state index contributed by atoms with van der Waals surface area (Å²) >= 11 is 3.77. The van der Waals surface area contributed by atoms with Crippen molar-refractivity contribution < 1.29 is 0 Å². The van der Waals surface area contributed by atoms with E-state index in [4.69, 9.17) is 9.97 Å². The molecule has 5 heteroatoms. The Morgan fingerprint density at radius 3 is 2.16 bits per heavy atom. The third kappa shape index (κ3) is 3.23. The summed E-state index contributed by atoms with van der Waals surface area (Å²) in [6.45, 7) is 0. The Kier molecular flexibility index (Phi) is 4.75. The lowest BCUT2D eigenvalue weighted by atomic mass is 9.99. The van der Waals surface area contributed by atoms with Crippen LogP contribution in [-0.4, -0.2) is 14.5 Å². The number of fused-ring (bicyclic) bond motifs is 11. The highest BCUT2D eigenvalue weighted by molar-refractivity contribution is 7.45. The third-order valence-corrected chi connectivity index (χ3v) is 11.1. The number of para-hydroxylation sites is 2. The van der Waals surface area contributed by atoms with Gasteiger partial charge < -0.3 is 0 Å². The lowest BCUT2D eigenvalue weighted by Gasteiger charge is -2.13. The molecular weight excluding hydrogens is 563 g/mol. The average molecular weight is 584 g/mol. The summed E-state index contributed by atoms with van der Waals surface area (Å²) in [6.07, 6.45) is 0. The second-order valence-corrected chi connectivity index (χ2v) is 13.3. The number of thiophene rings is 2. The summed E-state index contributed by atoms with van der Waals surface area (Å²) < 4.78 is 6.28. The Hall–Kier alpha value is -5.10. The molecule has 10 rings (SSSR count). The van der Waals surface area contributed by atoms with E-state index >= 15 is 0 Å². The van der Waals surface area contributed by atoms with Crippen LogP contribution in [0, 0.1) is 0 Å². The maximum Gasteiger partial charge on any atom is 0.235 e. The number of aromatic nitrogens is 3. The largest absolute Gasteiger partial charge is 0.276 e. The standard InChI is InChI=1S/C38H21N3S2/c1-2-12-23-22(10-1)11-9-16-25(23)34-27-14-3-6-17-30(27)39-38(40-34)41-31-18-7-4-13-24(31)26-20-21-29-33-28-15-5-8-19-32(28)42-37(33)43-36(29)35(26)41/h1-21H. The fourth-order valence-electron chi connectivity index (χ4n) is 6.78. The first-order chi connectivity index (χ1) is 21.3. The Morgan fingerprint density at radius 2 is 1.23 bits per heavy atom. The smallest absolute Gasteiger partial charge is 0.235 e. The summed E-state index contributed by atoms with van der Waals surface area (Å²) in [6, 6.07) is 45.4. The summed E-state index contributed by atoms with van der Waals surface area (Å²) in [4.78, 5) is 10.7. The van der Waals surface area contributed by atoms with E-state index in [0.29, 0.717) is 5.95 Å². The van der Waals surface area contributed by atoms with Crippen LogP contribution in [0.3, 0.4) is 0 Å². The molecule has 0 spiro atoms. The molecule has 0 saturated heterocycles. The Bertz CT molecular complexity index is 2740. The van der Waals surface area contributed by atoms with Gasteiger partial charge in [-0.2, -0.15) is 0 Å². The molecule has 0 bridgehead atoms. The average Bonchev–Trinajstić information content (AvgIpc) is 3.72. The molecule has 0 aliphatic rings. The zero-order chi connectivity index (χ0) is 28.1. The molecule has 4 heterocycles. The first kappa shape index (κ1) is 23.5. The molecule has 43 heavy (non-hydrogen) atoms. The van der Waals surface area contributed by atoms with E-state index in [2.05, 4.69) is 132 Å². The van der Waals surface area contributed by atoms with Crippen LogP contribution in [-0.2, 0) is 0 Å². The van der Waals surface area contributed by atoms with Crippen LogP contribution in [0.4, 0.5) is 0 Å². The van der Waals surface area contributed by atoms with Crippen molar-refractivity contribution in [3.05, 3.63) is 127 Å². The molecule has 0 aliphatic heterocycles. The highest BCUT2D eigenvalue weighted by atomic mass is 32.2. The summed E-state index contributed by atoms with van der Waals surface area (Å²) in [5.74, 6) is 0.696. The van der Waals surface area contributed by atoms with E-state index in [1.807, 2.05) is 22.7 Å². The summed E-state index contributed by atoms with van der Waals surface area (Å²) in [5.41, 5.74) is 5.30. The zero-order valence-corrected chi connectivity index (χ0v) is 24.4. The van der Waals surface area contributed by atoms with Crippen molar-refractivity contribution in [1.29, 1.82) is 0 Å². The van der Waals surface area contributed by atoms with Crippen molar-refractivity contribution in [1.82, 2.24) is 14.5 Å². The number of nitrogens with zero attached hydrogens (tertiary/aromatic N) is 3. The predicted molar refractivity (Wildman–Crippen MR) is 185 cm³/mol. The zero-order valence-electron chi connectivity index (χ0n) is 22.8. The topological polar surface area (TPSA) is 30.7 Å². The molecule has 6 aromatic carbocycles. The SMILES string of the molecule is c1ccc2c(-c3nc(-n4c5ccccc5c5ccc6c(sc7sc8ccccc8c76)c54)nc4ccccc34)cccc2c1. The summed E-state index contributed by atoms with van der Waals surface area (Å²) in [5, 5.41) is 9.87. The maximum atomic E-state index is 5.42. The van der Waals surface area contributed by atoms with Gasteiger partial charge in [-0.3, -0.25) is 4.57 Å². The Morgan fingerprint density at radius 1 is 0.512 bits per heavy atom. The number of benzene rings is 6. The molecular formula is C38H21N3S2. The Labute approximate surface area is 253 Å². The molecule has 200 valence electrons. The van der Waals surface area contributed by atoms with Gasteiger partial charge in [0, 0.05) is 42.6 Å². The molecule has 10 aromatic rings. The normalized spacial score (nSPS) is 12.2. The van der Waals surface area contributed by atoms with Crippen molar-refractivity contribution in [3.63, 3.8) is 0 Å². The highest BCUT2D eigenvalue weighted by Crippen LogP contribution is 2.48. The van der Waals surface area contributed by atoms with Gasteiger partial charge in [-0.25, -0.2) is 9.97 Å². The van der Waals surface area contributed by atoms with Gasteiger partial charge in [0.1, 0.15) is 0 Å². The van der Waals surface area contributed by atoms with Crippen molar-refractivity contribution in [2.24, 2.45) is 0 Å². The van der Waals surface area contributed by atoms with Crippen LogP contribution in [0.25, 0.3) is 90.3 Å². The van der Waals surface area contributed by atoms with Crippen molar-refractivity contribution >= 4 is 95.7 Å². The molecule has 0 atom stereocenters. The molecule has 4 aromatic heterocycles. The first-order valence-electron chi connectivity index (χ1n) is 14.3. The highest BCUT2D eigenvalue weighted by Gasteiger charge is 2.22. The van der Waals surface area contributed by atoms with Crippen LogP contribution >= 0.6 is 22.7 Å². The fourth-order valence-corrected chi connectivity index (χ4v) is 9.50. The molecule has 0 aliphatic carbocycles. The van der Waals surface area contributed by atoms with E-state index in [0.717, 1.165) is 27.7 Å². The second-order valence-electron chi connectivity index (χ2n) is 11.0. The fraction of sp³-hybridized carbons (Fsp3) is 0. The van der Waals surface area contributed by atoms with E-state index in [-0.39, 0.29) is 0 Å². The number of hydrogen-bond acceptors (Lipinski definition) is 4. The molecule has 0 amide bonds. The molecule has 0 saturated carbocycles. The Balaban J connectivity index is 1.37. The van der Waals surface area contributed by atoms with Gasteiger partial charge in [0.15, 0.2) is 0 Å². The lowest BCUT2D eigenvalue weighted by molar-refractivity contribution is 1.02. The lowest BCUT2D eigenvalue weighted by Crippen LogP contribution is -2.03. The van der Waals surface area contributed by atoms with E-state index in [1.54, 1.807) is 0 Å². The summed E-state index contributed by atoms with van der Waals surface area (Å²) in [7, 11) is 0. The van der Waals surface area contributed by atoms with Crippen LogP contribution in [0.5, 0.6) is 0 Å². The first-order valence-corrected chi connectivity index (χ1v) is 16.0. The van der Waals surface area contributed by atoms with Crippen LogP contribution < -0.4 is 0 Å². The van der Waals surface area contributed by atoms with Gasteiger partial charge in [0.2, 0.25) is 5.95 Å². The van der Waals surface area contributed by atoms with Gasteiger partial charge in [0.05, 0.1) is 31.0 Å². The minimum atomic E-state index is 0.696. The van der Waals surface area contributed by atoms with Gasteiger partial charge in [0.25, 0.3) is 0 Å². The van der Waals surface area contributed by atoms with Crippen molar-refractivity contribution in [3.8, 4) is 17.2 Å². The van der Waals surface area contributed by atoms with Crippen LogP contribution in [0.2, 0.25) is 0 Å². The van der Waals surface area contributed by atoms with Gasteiger partial charge >= 0.3 is 0 Å². The van der Waals surface area contributed by atoms with Gasteiger partial charge in [-0.1, -0.05) is 109 Å². The van der Waals surface area contributed by atoms with Crippen molar-refractivity contribution in [2.75, 3.05) is 0 Å². The minimum Gasteiger partial charge on any atom is -0.276 e. The number of rotatable bonds is 2. The molecule has 0 fully saturated rings. The van der Waals surface area contributed by atoms with E-state index in [9.17, 15) is 0 Å². The predicted octanol–water partition coefficient (Wildman–Crippen LogP) is 11.1. The van der Waals surface area contributed by atoms with Gasteiger partial charge in [-0.15, -0.1) is 22.7 Å². The molecule has 3 nitrogen and oxygen atoms in total. The monoisotopic (exact) mass is 583 g/mol. The molecule has 0 unspecified atom stereocenters. The quantitative estimate of drug-likeness (QED) is 0.203.